The highest BCUT2D eigenvalue weighted by atomic mass is 16.7. The van der Waals surface area contributed by atoms with Crippen molar-refractivity contribution in [2.24, 2.45) is 0 Å². The van der Waals surface area contributed by atoms with Gasteiger partial charge in [-0.1, -0.05) is 0 Å². The molecule has 0 N–H and O–H groups in total. The van der Waals surface area contributed by atoms with Gasteiger partial charge < -0.3 is 25.0 Å². The normalized spacial score (nSPS) is 10.2. The third-order valence-corrected chi connectivity index (χ3v) is 1.66. The van der Waals surface area contributed by atoms with E-state index in [4.69, 9.17) is 0 Å². The Morgan fingerprint density at radius 1 is 1.18 bits per heavy atom. The van der Waals surface area contributed by atoms with Gasteiger partial charge in [0.15, 0.2) is 5.10 Å². The molecule has 0 saturated carbocycles. The summed E-state index contributed by atoms with van der Waals surface area (Å²) in [6.45, 7) is -0.509. The Balaban J connectivity index is 3.55. The van der Waals surface area contributed by atoms with Crippen molar-refractivity contribution in [3.63, 3.8) is 0 Å². The second kappa shape index (κ2) is 4.48. The molecule has 1 aromatic rings. The van der Waals surface area contributed by atoms with Crippen LogP contribution in [0.2, 0.25) is 0 Å². The Morgan fingerprint density at radius 3 is 2.12 bits per heavy atom. The zero-order valence-electron chi connectivity index (χ0n) is 8.30. The summed E-state index contributed by atoms with van der Waals surface area (Å²) in [5, 5.41) is 34.8. The van der Waals surface area contributed by atoms with Gasteiger partial charge in [0.05, 0.1) is 4.92 Å². The van der Waals surface area contributed by atoms with Crippen molar-refractivity contribution < 1.29 is 19.5 Å². The maximum Gasteiger partial charge on any atom is 0.498 e. The summed E-state index contributed by atoms with van der Waals surface area (Å²) >= 11 is 0. The molecular formula is C5H5N5O7. The molecule has 0 aromatic carbocycles. The molecule has 12 heteroatoms. The molecule has 92 valence electrons. The highest BCUT2D eigenvalue weighted by Gasteiger charge is 2.46. The standard InChI is InChI=1S/C5H5N5O7/c1-17-2-7-5(10(15)16)3(8(11)12)4(6-7)9(13)14/h2H2,1H3. The minimum Gasteiger partial charge on any atom is -0.358 e. The van der Waals surface area contributed by atoms with E-state index < -0.39 is 38.8 Å². The van der Waals surface area contributed by atoms with Crippen molar-refractivity contribution in [3.05, 3.63) is 30.3 Å². The van der Waals surface area contributed by atoms with Crippen molar-refractivity contribution in [1.82, 2.24) is 9.78 Å². The zero-order chi connectivity index (χ0) is 13.2. The lowest BCUT2D eigenvalue weighted by molar-refractivity contribution is -0.441. The predicted octanol–water partition coefficient (Wildman–Crippen LogP) is 0.212. The van der Waals surface area contributed by atoms with Gasteiger partial charge in [0, 0.05) is 7.11 Å². The molecule has 0 aliphatic carbocycles. The second-order valence-electron chi connectivity index (χ2n) is 2.68. The van der Waals surface area contributed by atoms with Crippen LogP contribution in [0.3, 0.4) is 0 Å². The first kappa shape index (κ1) is 12.4. The Kier molecular flexibility index (Phi) is 3.28. The van der Waals surface area contributed by atoms with Crippen LogP contribution in [0.25, 0.3) is 0 Å². The first-order chi connectivity index (χ1) is 7.90. The van der Waals surface area contributed by atoms with Gasteiger partial charge in [-0.3, -0.25) is 10.1 Å². The average Bonchev–Trinajstić information content (AvgIpc) is 2.57. The van der Waals surface area contributed by atoms with E-state index in [2.05, 4.69) is 9.84 Å². The lowest BCUT2D eigenvalue weighted by Crippen LogP contribution is -2.07. The fourth-order valence-corrected chi connectivity index (χ4v) is 1.11. The molecule has 0 aliphatic rings. The van der Waals surface area contributed by atoms with Crippen LogP contribution in [0.15, 0.2) is 0 Å². The topological polar surface area (TPSA) is 156 Å². The summed E-state index contributed by atoms with van der Waals surface area (Å²) < 4.78 is 4.94. The summed E-state index contributed by atoms with van der Waals surface area (Å²) in [6, 6.07) is 0. The Bertz CT molecular complexity index is 493. The molecule has 1 rings (SSSR count). The molecule has 17 heavy (non-hydrogen) atoms. The molecule has 0 unspecified atom stereocenters. The Morgan fingerprint density at radius 2 is 1.76 bits per heavy atom. The number of hydrogen-bond acceptors (Lipinski definition) is 8. The molecule has 0 radical (unpaired) electrons. The zero-order valence-corrected chi connectivity index (χ0v) is 8.30. The fraction of sp³-hybridized carbons (Fsp3) is 0.400. The smallest absolute Gasteiger partial charge is 0.358 e. The monoisotopic (exact) mass is 247 g/mol. The summed E-state index contributed by atoms with van der Waals surface area (Å²) in [5.41, 5.74) is -1.27. The molecule has 0 spiro atoms. The van der Waals surface area contributed by atoms with Crippen LogP contribution in [0.5, 0.6) is 0 Å². The van der Waals surface area contributed by atoms with Gasteiger partial charge in [-0.05, 0) is 14.5 Å². The maximum absolute atomic E-state index is 10.6. The maximum atomic E-state index is 10.6. The summed E-state index contributed by atoms with van der Waals surface area (Å²) in [4.78, 5) is 28.1. The lowest BCUT2D eigenvalue weighted by atomic mass is 10.5. The van der Waals surface area contributed by atoms with Crippen LogP contribution < -0.4 is 0 Å². The number of nitrogens with zero attached hydrogens (tertiary/aromatic N) is 5. The molecular weight excluding hydrogens is 242 g/mol. The first-order valence-corrected chi connectivity index (χ1v) is 3.93. The van der Waals surface area contributed by atoms with Gasteiger partial charge in [-0.15, -0.1) is 0 Å². The third kappa shape index (κ3) is 2.15. The number of ether oxygens (including phenoxy) is 1. The highest BCUT2D eigenvalue weighted by Crippen LogP contribution is 2.35. The second-order valence-corrected chi connectivity index (χ2v) is 2.68. The van der Waals surface area contributed by atoms with E-state index in [1.54, 1.807) is 0 Å². The summed E-state index contributed by atoms with van der Waals surface area (Å²) in [6.07, 6.45) is 0. The summed E-state index contributed by atoms with van der Waals surface area (Å²) in [5.74, 6) is -2.29. The highest BCUT2D eigenvalue weighted by molar-refractivity contribution is 5.59. The number of hydrogen-bond donors (Lipinski definition) is 0. The molecule has 12 nitrogen and oxygen atoms in total. The van der Waals surface area contributed by atoms with Crippen LogP contribution in [0.1, 0.15) is 0 Å². The first-order valence-electron chi connectivity index (χ1n) is 3.93. The van der Waals surface area contributed by atoms with Gasteiger partial charge >= 0.3 is 17.3 Å². The van der Waals surface area contributed by atoms with E-state index >= 15 is 0 Å². The molecule has 0 aliphatic heterocycles. The largest absolute Gasteiger partial charge is 0.498 e. The molecule has 0 atom stereocenters. The van der Waals surface area contributed by atoms with Crippen LogP contribution in [-0.2, 0) is 11.5 Å². The molecule has 1 heterocycles. The van der Waals surface area contributed by atoms with E-state index in [9.17, 15) is 30.3 Å². The van der Waals surface area contributed by atoms with Gasteiger partial charge in [-0.25, -0.2) is 0 Å². The SMILES string of the molecule is COCn1nc([N+](=O)[O-])c([N+](=O)[O-])c1[N+](=O)[O-]. The molecule has 0 amide bonds. The van der Waals surface area contributed by atoms with Crippen molar-refractivity contribution in [1.29, 1.82) is 0 Å². The predicted molar refractivity (Wildman–Crippen MR) is 49.2 cm³/mol. The quantitative estimate of drug-likeness (QED) is 0.527. The van der Waals surface area contributed by atoms with E-state index in [1.807, 2.05) is 0 Å². The van der Waals surface area contributed by atoms with Gasteiger partial charge in [0.2, 0.25) is 6.73 Å². The fourth-order valence-electron chi connectivity index (χ4n) is 1.11. The number of rotatable bonds is 5. The number of aromatic nitrogens is 2. The van der Waals surface area contributed by atoms with E-state index in [0.717, 1.165) is 7.11 Å². The number of nitro groups is 3. The van der Waals surface area contributed by atoms with Crippen LogP contribution >= 0.6 is 0 Å². The van der Waals surface area contributed by atoms with Crippen molar-refractivity contribution in [2.75, 3.05) is 7.11 Å². The third-order valence-electron chi connectivity index (χ3n) is 1.66. The minimum absolute atomic E-state index is 0.441. The molecule has 0 saturated heterocycles. The molecule has 1 aromatic heterocycles. The van der Waals surface area contributed by atoms with Crippen molar-refractivity contribution in [3.8, 4) is 0 Å². The van der Waals surface area contributed by atoms with Crippen LogP contribution in [0.4, 0.5) is 17.3 Å². The summed E-state index contributed by atoms with van der Waals surface area (Å²) in [7, 11) is 1.16. The molecule has 0 fully saturated rings. The number of methoxy groups -OCH3 is 1. The lowest BCUT2D eigenvalue weighted by Gasteiger charge is -1.92. The van der Waals surface area contributed by atoms with E-state index in [0.29, 0.717) is 4.68 Å². The Labute approximate surface area is 91.8 Å². The average molecular weight is 247 g/mol. The van der Waals surface area contributed by atoms with E-state index in [1.165, 1.54) is 0 Å². The minimum atomic E-state index is -1.27. The molecule has 0 bridgehead atoms. The van der Waals surface area contributed by atoms with Gasteiger partial charge in [-0.2, -0.15) is 0 Å². The van der Waals surface area contributed by atoms with Crippen molar-refractivity contribution in [2.45, 2.75) is 6.73 Å². The van der Waals surface area contributed by atoms with Crippen molar-refractivity contribution >= 4 is 17.3 Å². The van der Waals surface area contributed by atoms with Gasteiger partial charge in [0.1, 0.15) is 0 Å². The van der Waals surface area contributed by atoms with Gasteiger partial charge in [0.25, 0.3) is 0 Å². The van der Waals surface area contributed by atoms with Crippen LogP contribution in [-0.4, -0.2) is 31.7 Å². The Hall–Kier alpha value is -2.63. The van der Waals surface area contributed by atoms with Crippen LogP contribution in [0, 0.1) is 30.3 Å². The van der Waals surface area contributed by atoms with E-state index in [-0.39, 0.29) is 0 Å².